The fourth-order valence-electron chi connectivity index (χ4n) is 8.12. The first-order chi connectivity index (χ1) is 29.9. The molecular weight excluding hydrogens is 820 g/mol. The normalized spacial score (nSPS) is 13.0. The number of carbonyl (C=O) groups is 1. The molecule has 3 rings (SSSR count). The topological polar surface area (TPSA) is 54.0 Å². The maximum atomic E-state index is 13.9. The molecule has 6 heteroatoms. The van der Waals surface area contributed by atoms with Gasteiger partial charge in [-0.2, -0.15) is 0 Å². The second-order valence-corrected chi connectivity index (χ2v) is 26.0. The number of unbranched alkanes of at least 4 members (excludes halogenated alkanes) is 13. The molecule has 0 saturated heterocycles. The van der Waals surface area contributed by atoms with Gasteiger partial charge in [-0.25, -0.2) is 4.79 Å². The number of hydrogen-bond acceptors (Lipinski definition) is 5. The molecule has 0 spiro atoms. The minimum atomic E-state index is -2.09. The number of hydrogen-bond donors (Lipinski definition) is 0. The number of esters is 1. The van der Waals surface area contributed by atoms with Crippen LogP contribution in [0.4, 0.5) is 0 Å². The highest BCUT2D eigenvalue weighted by atomic mass is 31.2. The minimum absolute atomic E-state index is 0.0367. The third-order valence-electron chi connectivity index (χ3n) is 12.5. The number of benzene rings is 3. The van der Waals surface area contributed by atoms with Crippen LogP contribution in [0.15, 0.2) is 48.5 Å². The van der Waals surface area contributed by atoms with Crippen LogP contribution < -0.4 is 13.6 Å². The van der Waals surface area contributed by atoms with Crippen molar-refractivity contribution in [2.45, 2.75) is 254 Å². The average molecular weight is 915 g/mol. The summed E-state index contributed by atoms with van der Waals surface area (Å²) in [7, 11) is -2.09. The molecule has 0 heterocycles. The summed E-state index contributed by atoms with van der Waals surface area (Å²) in [5.41, 5.74) is 5.73. The lowest BCUT2D eigenvalue weighted by molar-refractivity contribution is 0.0497. The van der Waals surface area contributed by atoms with Gasteiger partial charge in [-0.3, -0.25) is 0 Å². The molecule has 65 heavy (non-hydrogen) atoms. The lowest BCUT2D eigenvalue weighted by Gasteiger charge is -2.33. The van der Waals surface area contributed by atoms with E-state index in [1.54, 1.807) is 0 Å². The van der Waals surface area contributed by atoms with Crippen LogP contribution in [0.1, 0.15) is 265 Å². The second kappa shape index (κ2) is 23.8. The monoisotopic (exact) mass is 915 g/mol. The van der Waals surface area contributed by atoms with Crippen molar-refractivity contribution in [3.8, 4) is 17.2 Å². The smallest absolute Gasteiger partial charge is 0.462 e. The van der Waals surface area contributed by atoms with Gasteiger partial charge in [-0.15, -0.1) is 0 Å². The van der Waals surface area contributed by atoms with E-state index in [2.05, 4.69) is 168 Å². The number of carbonyl (C=O) groups excluding carboxylic acids is 1. The molecule has 0 aliphatic rings. The van der Waals surface area contributed by atoms with Crippen LogP contribution in [0.25, 0.3) is 0 Å². The molecule has 3 aromatic rings. The SMILES string of the molecule is CCCCCCCCCCCCCCCCOC(=O)c1cc(C(C)(C)C)c(OP(Oc2ccc(C(C)(C)C)cc2C(C)(C)C)Oc2ccc(C(C)(C)C)cc2C(C)(C)C)c(C(C)(C)C)c1. The van der Waals surface area contributed by atoms with E-state index in [-0.39, 0.29) is 27.6 Å². The van der Waals surface area contributed by atoms with Crippen LogP contribution >= 0.6 is 8.60 Å². The van der Waals surface area contributed by atoms with Crippen molar-refractivity contribution in [3.05, 3.63) is 87.5 Å². The van der Waals surface area contributed by atoms with E-state index in [0.717, 1.165) is 46.6 Å². The molecule has 0 fully saturated rings. The molecule has 0 aromatic heterocycles. The van der Waals surface area contributed by atoms with Crippen LogP contribution in [0.3, 0.4) is 0 Å². The van der Waals surface area contributed by atoms with Crippen LogP contribution in [-0.2, 0) is 37.2 Å². The van der Waals surface area contributed by atoms with Crippen molar-refractivity contribution in [2.75, 3.05) is 6.61 Å². The highest BCUT2D eigenvalue weighted by molar-refractivity contribution is 7.43. The van der Waals surface area contributed by atoms with E-state index in [0.29, 0.717) is 17.9 Å². The molecular formula is C59H95O5P. The van der Waals surface area contributed by atoms with Crippen LogP contribution in [0.5, 0.6) is 17.2 Å². The Morgan fingerprint density at radius 1 is 0.415 bits per heavy atom. The summed E-state index contributed by atoms with van der Waals surface area (Å²) in [6.45, 7) is 42.5. The Balaban J connectivity index is 1.97. The molecule has 366 valence electrons. The summed E-state index contributed by atoms with van der Waals surface area (Å²) in [5.74, 6) is 1.86. The molecule has 0 atom stereocenters. The lowest BCUT2D eigenvalue weighted by atomic mass is 9.78. The molecule has 0 aliphatic heterocycles. The van der Waals surface area contributed by atoms with E-state index in [9.17, 15) is 4.79 Å². The predicted molar refractivity (Wildman–Crippen MR) is 281 cm³/mol. The maximum Gasteiger partial charge on any atom is 0.530 e. The lowest BCUT2D eigenvalue weighted by Crippen LogP contribution is -2.22. The first kappa shape index (κ1) is 56.3. The van der Waals surface area contributed by atoms with Crippen molar-refractivity contribution >= 4 is 14.6 Å². The van der Waals surface area contributed by atoms with Crippen molar-refractivity contribution in [2.24, 2.45) is 0 Å². The molecule has 3 aromatic carbocycles. The number of ether oxygens (including phenoxy) is 1. The highest BCUT2D eigenvalue weighted by Gasteiger charge is 2.36. The first-order valence-electron chi connectivity index (χ1n) is 25.4. The van der Waals surface area contributed by atoms with Gasteiger partial charge in [-0.05, 0) is 74.3 Å². The fraction of sp³-hybridized carbons (Fsp3) is 0.678. The van der Waals surface area contributed by atoms with Gasteiger partial charge in [0.2, 0.25) is 0 Å². The molecule has 0 unspecified atom stereocenters. The Morgan fingerprint density at radius 3 is 1.08 bits per heavy atom. The highest BCUT2D eigenvalue weighted by Crippen LogP contribution is 2.52. The second-order valence-electron chi connectivity index (χ2n) is 25.1. The molecule has 0 N–H and O–H groups in total. The largest absolute Gasteiger partial charge is 0.530 e. The predicted octanol–water partition coefficient (Wildman–Crippen LogP) is 18.9. The van der Waals surface area contributed by atoms with Gasteiger partial charge in [0.1, 0.15) is 17.2 Å². The van der Waals surface area contributed by atoms with E-state index in [1.807, 2.05) is 12.1 Å². The Kier molecular flexibility index (Phi) is 20.6. The van der Waals surface area contributed by atoms with Gasteiger partial charge >= 0.3 is 14.6 Å². The summed E-state index contributed by atoms with van der Waals surface area (Å²) in [5, 5.41) is 0. The molecule has 0 saturated carbocycles. The van der Waals surface area contributed by atoms with Gasteiger partial charge in [0.05, 0.1) is 12.2 Å². The van der Waals surface area contributed by atoms with Gasteiger partial charge in [0.15, 0.2) is 0 Å². The Morgan fingerprint density at radius 2 is 0.754 bits per heavy atom. The molecule has 0 aliphatic carbocycles. The quantitative estimate of drug-likeness (QED) is 0.0571. The van der Waals surface area contributed by atoms with Crippen molar-refractivity contribution in [1.82, 2.24) is 0 Å². The molecule has 0 amide bonds. The summed E-state index contributed by atoms with van der Waals surface area (Å²) >= 11 is 0. The average Bonchev–Trinajstić information content (AvgIpc) is 3.17. The Labute approximate surface area is 401 Å². The minimum Gasteiger partial charge on any atom is -0.462 e. The Hall–Kier alpha value is -3.04. The third kappa shape index (κ3) is 18.2. The standard InChI is InChI=1S/C59H95O5P/c1-20-21-22-23-24-25-26-27-28-29-30-31-32-33-38-61-53(60)43-39-48(58(14,15)16)52(49(40-43)59(17,18)19)64-65(62-50-36-34-44(54(2,3)4)41-46(50)56(8,9)10)63-51-37-35-45(55(5,6)7)42-47(51)57(11,12)13/h34-37,39-42H,20-33,38H2,1-19H3. The van der Waals surface area contributed by atoms with E-state index >= 15 is 0 Å². The van der Waals surface area contributed by atoms with Gasteiger partial charge in [-0.1, -0.05) is 239 Å². The Bertz CT molecular complexity index is 1820. The van der Waals surface area contributed by atoms with E-state index < -0.39 is 19.4 Å². The third-order valence-corrected chi connectivity index (χ3v) is 13.5. The summed E-state index contributed by atoms with van der Waals surface area (Å²) in [6.07, 6.45) is 18.1. The van der Waals surface area contributed by atoms with Gasteiger partial charge in [0, 0.05) is 22.3 Å². The fourth-order valence-corrected chi connectivity index (χ4v) is 9.22. The van der Waals surface area contributed by atoms with Crippen LogP contribution in [-0.4, -0.2) is 12.6 Å². The van der Waals surface area contributed by atoms with Crippen molar-refractivity contribution < 1.29 is 23.1 Å². The summed E-state index contributed by atoms with van der Waals surface area (Å²) < 4.78 is 27.4. The van der Waals surface area contributed by atoms with Crippen molar-refractivity contribution in [3.63, 3.8) is 0 Å². The van der Waals surface area contributed by atoms with Gasteiger partial charge < -0.3 is 18.3 Å². The molecule has 0 bridgehead atoms. The zero-order chi connectivity index (χ0) is 49.0. The van der Waals surface area contributed by atoms with E-state index in [4.69, 9.17) is 18.3 Å². The summed E-state index contributed by atoms with van der Waals surface area (Å²) in [4.78, 5) is 13.9. The van der Waals surface area contributed by atoms with Crippen molar-refractivity contribution in [1.29, 1.82) is 0 Å². The molecule has 0 radical (unpaired) electrons. The maximum absolute atomic E-state index is 13.9. The van der Waals surface area contributed by atoms with Gasteiger partial charge in [0.25, 0.3) is 0 Å². The summed E-state index contributed by atoms with van der Waals surface area (Å²) in [6, 6.07) is 17.0. The zero-order valence-electron chi connectivity index (χ0n) is 45.2. The van der Waals surface area contributed by atoms with Crippen LogP contribution in [0.2, 0.25) is 0 Å². The molecule has 5 nitrogen and oxygen atoms in total. The van der Waals surface area contributed by atoms with E-state index in [1.165, 1.54) is 88.2 Å². The number of rotatable bonds is 22. The zero-order valence-corrected chi connectivity index (χ0v) is 46.1. The van der Waals surface area contributed by atoms with Crippen LogP contribution in [0, 0.1) is 0 Å². The first-order valence-corrected chi connectivity index (χ1v) is 26.5.